The van der Waals surface area contributed by atoms with Gasteiger partial charge in [0, 0.05) is 23.1 Å². The molecule has 1 aromatic carbocycles. The van der Waals surface area contributed by atoms with E-state index in [0.717, 1.165) is 30.5 Å². The van der Waals surface area contributed by atoms with Crippen LogP contribution in [0.4, 0.5) is 0 Å². The maximum atomic E-state index is 12.8. The van der Waals surface area contributed by atoms with Gasteiger partial charge in [-0.15, -0.1) is 0 Å². The zero-order chi connectivity index (χ0) is 17.4. The Kier molecular flexibility index (Phi) is 4.31. The van der Waals surface area contributed by atoms with Gasteiger partial charge in [-0.1, -0.05) is 18.2 Å². The number of hydrogen-bond donors (Lipinski definition) is 2. The van der Waals surface area contributed by atoms with Crippen LogP contribution in [0.5, 0.6) is 0 Å². The Bertz CT molecular complexity index is 887. The number of sulfone groups is 1. The smallest absolute Gasteiger partial charge is 0.229 e. The second-order valence-electron chi connectivity index (χ2n) is 7.35. The number of para-hydroxylation sites is 1. The molecule has 1 fully saturated rings. The number of benzene rings is 1. The highest BCUT2D eigenvalue weighted by molar-refractivity contribution is 7.91. The molecule has 2 aliphatic rings. The van der Waals surface area contributed by atoms with Gasteiger partial charge in [0.25, 0.3) is 0 Å². The van der Waals surface area contributed by atoms with Crippen molar-refractivity contribution in [1.29, 1.82) is 0 Å². The summed E-state index contributed by atoms with van der Waals surface area (Å²) in [6.45, 7) is 0.584. The average Bonchev–Trinajstić information content (AvgIpc) is 2.99. The summed E-state index contributed by atoms with van der Waals surface area (Å²) in [6, 6.07) is 8.23. The topological polar surface area (TPSA) is 79.0 Å². The van der Waals surface area contributed by atoms with Gasteiger partial charge in [0.1, 0.15) is 9.84 Å². The number of carbonyl (C=O) groups excluding carboxylic acids is 1. The normalized spacial score (nSPS) is 23.3. The molecule has 2 N–H and O–H groups in total. The molecule has 2 heterocycles. The third-order valence-electron chi connectivity index (χ3n) is 5.67. The monoisotopic (exact) mass is 360 g/mol. The Morgan fingerprint density at radius 1 is 1.16 bits per heavy atom. The summed E-state index contributed by atoms with van der Waals surface area (Å²) >= 11 is 0. The minimum Gasteiger partial charge on any atom is -0.357 e. The van der Waals surface area contributed by atoms with Crippen molar-refractivity contribution in [2.45, 2.75) is 38.0 Å². The summed E-state index contributed by atoms with van der Waals surface area (Å²) in [5, 5.41) is 4.31. The van der Waals surface area contributed by atoms with Crippen molar-refractivity contribution in [2.24, 2.45) is 5.92 Å². The average molecular weight is 360 g/mol. The van der Waals surface area contributed by atoms with Gasteiger partial charge in [-0.25, -0.2) is 8.42 Å². The van der Waals surface area contributed by atoms with Crippen molar-refractivity contribution >= 4 is 26.6 Å². The molecule has 6 heteroatoms. The first-order valence-corrected chi connectivity index (χ1v) is 10.9. The maximum Gasteiger partial charge on any atom is 0.229 e. The van der Waals surface area contributed by atoms with E-state index in [2.05, 4.69) is 22.4 Å². The molecule has 0 saturated carbocycles. The lowest BCUT2D eigenvalue weighted by Crippen LogP contribution is -2.37. The number of aromatic nitrogens is 1. The van der Waals surface area contributed by atoms with E-state index in [4.69, 9.17) is 0 Å². The zero-order valence-electron chi connectivity index (χ0n) is 14.3. The lowest BCUT2D eigenvalue weighted by molar-refractivity contribution is -0.123. The van der Waals surface area contributed by atoms with Crippen LogP contribution < -0.4 is 5.32 Å². The molecule has 0 spiro atoms. The molecule has 1 aliphatic heterocycles. The number of carbonyl (C=O) groups is 1. The van der Waals surface area contributed by atoms with Crippen molar-refractivity contribution in [3.8, 4) is 0 Å². The van der Waals surface area contributed by atoms with Gasteiger partial charge < -0.3 is 10.3 Å². The number of fused-ring (bicyclic) bond motifs is 3. The van der Waals surface area contributed by atoms with Crippen LogP contribution in [0.15, 0.2) is 24.3 Å². The Labute approximate surface area is 148 Å². The summed E-state index contributed by atoms with van der Waals surface area (Å²) in [5.74, 6) is 0.731. The van der Waals surface area contributed by atoms with E-state index >= 15 is 0 Å². The fourth-order valence-corrected chi connectivity index (χ4v) is 5.78. The van der Waals surface area contributed by atoms with Gasteiger partial charge in [-0.3, -0.25) is 4.79 Å². The molecule has 2 aromatic rings. The second-order valence-corrected chi connectivity index (χ2v) is 9.65. The van der Waals surface area contributed by atoms with Crippen molar-refractivity contribution < 1.29 is 13.2 Å². The molecule has 1 aromatic heterocycles. The van der Waals surface area contributed by atoms with E-state index in [1.54, 1.807) is 0 Å². The minimum absolute atomic E-state index is 0.0703. The van der Waals surface area contributed by atoms with Crippen molar-refractivity contribution in [3.63, 3.8) is 0 Å². The highest BCUT2D eigenvalue weighted by atomic mass is 32.2. The Morgan fingerprint density at radius 3 is 2.72 bits per heavy atom. The first kappa shape index (κ1) is 16.6. The van der Waals surface area contributed by atoms with E-state index in [-0.39, 0.29) is 29.2 Å². The quantitative estimate of drug-likeness (QED) is 0.883. The van der Waals surface area contributed by atoms with E-state index in [1.807, 2.05) is 12.1 Å². The van der Waals surface area contributed by atoms with Gasteiger partial charge in [-0.2, -0.15) is 0 Å². The van der Waals surface area contributed by atoms with E-state index in [9.17, 15) is 13.2 Å². The summed E-state index contributed by atoms with van der Waals surface area (Å²) in [6.07, 6.45) is 4.22. The molecule has 5 nitrogen and oxygen atoms in total. The van der Waals surface area contributed by atoms with E-state index in [1.165, 1.54) is 10.9 Å². The molecular formula is C19H24N2O3S. The van der Waals surface area contributed by atoms with Crippen LogP contribution >= 0.6 is 0 Å². The third kappa shape index (κ3) is 3.32. The Hall–Kier alpha value is -1.82. The van der Waals surface area contributed by atoms with Crippen molar-refractivity contribution in [2.75, 3.05) is 18.1 Å². The number of nitrogens with one attached hydrogen (secondary N) is 2. The van der Waals surface area contributed by atoms with Crippen LogP contribution in [0, 0.1) is 5.92 Å². The van der Waals surface area contributed by atoms with Gasteiger partial charge >= 0.3 is 0 Å². The molecular weight excluding hydrogens is 336 g/mol. The van der Waals surface area contributed by atoms with Crippen LogP contribution in [0.2, 0.25) is 0 Å². The molecule has 0 radical (unpaired) electrons. The Balaban J connectivity index is 1.45. The number of amides is 1. The lowest BCUT2D eigenvalue weighted by Gasteiger charge is -2.25. The summed E-state index contributed by atoms with van der Waals surface area (Å²) in [5.41, 5.74) is 3.45. The molecule has 1 saturated heterocycles. The van der Waals surface area contributed by atoms with Crippen molar-refractivity contribution in [3.05, 3.63) is 35.5 Å². The van der Waals surface area contributed by atoms with E-state index < -0.39 is 9.84 Å². The summed E-state index contributed by atoms with van der Waals surface area (Å²) < 4.78 is 23.0. The number of hydrogen-bond acceptors (Lipinski definition) is 3. The lowest BCUT2D eigenvalue weighted by atomic mass is 9.86. The molecule has 25 heavy (non-hydrogen) atoms. The molecule has 0 unspecified atom stereocenters. The number of aryl methyl sites for hydroxylation is 1. The fraction of sp³-hybridized carbons (Fsp3) is 0.526. The number of aromatic amines is 1. The summed E-state index contributed by atoms with van der Waals surface area (Å²) in [4.78, 5) is 16.2. The van der Waals surface area contributed by atoms with Gasteiger partial charge in [0.2, 0.25) is 5.91 Å². The van der Waals surface area contributed by atoms with Crippen LogP contribution in [-0.2, 0) is 21.1 Å². The number of H-pyrrole nitrogens is 1. The van der Waals surface area contributed by atoms with Gasteiger partial charge in [0.15, 0.2) is 0 Å². The first-order chi connectivity index (χ1) is 12.0. The second kappa shape index (κ2) is 6.48. The SMILES string of the molecule is O=C(NCC1CCS(=O)(=O)CC1)[C@@H]1CCCc2c1[nH]c1ccccc21. The van der Waals surface area contributed by atoms with Gasteiger partial charge in [-0.05, 0) is 49.7 Å². The molecule has 134 valence electrons. The zero-order valence-corrected chi connectivity index (χ0v) is 15.1. The van der Waals surface area contributed by atoms with Gasteiger partial charge in [0.05, 0.1) is 17.4 Å². The molecule has 1 atom stereocenters. The predicted octanol–water partition coefficient (Wildman–Crippen LogP) is 2.53. The van der Waals surface area contributed by atoms with Crippen LogP contribution in [0.3, 0.4) is 0 Å². The highest BCUT2D eigenvalue weighted by Gasteiger charge is 2.30. The number of rotatable bonds is 3. The standard InChI is InChI=1S/C19H24N2O3S/c22-19(20-12-13-8-10-25(23,24)11-9-13)16-6-3-5-15-14-4-1-2-7-17(14)21-18(15)16/h1-2,4,7,13,16,21H,3,5-6,8-12H2,(H,20,22)/t16-/m1/s1. The predicted molar refractivity (Wildman–Crippen MR) is 98.4 cm³/mol. The first-order valence-electron chi connectivity index (χ1n) is 9.11. The molecule has 4 rings (SSSR count). The van der Waals surface area contributed by atoms with Crippen LogP contribution in [0.25, 0.3) is 10.9 Å². The Morgan fingerprint density at radius 2 is 1.92 bits per heavy atom. The maximum absolute atomic E-state index is 12.8. The molecule has 1 aliphatic carbocycles. The van der Waals surface area contributed by atoms with Crippen LogP contribution in [-0.4, -0.2) is 37.4 Å². The van der Waals surface area contributed by atoms with E-state index in [0.29, 0.717) is 19.4 Å². The minimum atomic E-state index is -2.85. The fourth-order valence-electron chi connectivity index (χ4n) is 4.19. The largest absolute Gasteiger partial charge is 0.357 e. The van der Waals surface area contributed by atoms with Crippen LogP contribution in [0.1, 0.15) is 42.9 Å². The summed E-state index contributed by atoms with van der Waals surface area (Å²) in [7, 11) is -2.85. The molecule has 0 bridgehead atoms. The molecule has 1 amide bonds. The van der Waals surface area contributed by atoms with Crippen molar-refractivity contribution in [1.82, 2.24) is 10.3 Å². The third-order valence-corrected chi connectivity index (χ3v) is 7.39. The highest BCUT2D eigenvalue weighted by Crippen LogP contribution is 2.36.